The largest absolute Gasteiger partial charge is 0.493 e. The standard InChI is InChI=1S/C27H27FN4O5/c1-36-23-9-5-8-22(26(23)37-17-24(33)29-15-18-6-3-2-4-7-18)30-31-27(35)19-14-25(34)32(16-19)21-12-10-20(28)11-13-21/h2-13,19,30H,14-17H2,1H3,(H,29,33)(H,31,35)/t19-/m0/s1. The van der Waals surface area contributed by atoms with Gasteiger partial charge in [0.25, 0.3) is 5.91 Å². The Bertz CT molecular complexity index is 1250. The normalized spacial score (nSPS) is 14.7. The lowest BCUT2D eigenvalue weighted by molar-refractivity contribution is -0.126. The molecule has 192 valence electrons. The Morgan fingerprint density at radius 3 is 2.51 bits per heavy atom. The number of nitrogens with one attached hydrogen (secondary N) is 3. The number of halogens is 1. The average molecular weight is 507 g/mol. The summed E-state index contributed by atoms with van der Waals surface area (Å²) >= 11 is 0. The van der Waals surface area contributed by atoms with Crippen molar-refractivity contribution in [3.63, 3.8) is 0 Å². The van der Waals surface area contributed by atoms with Crippen LogP contribution in [0.5, 0.6) is 11.5 Å². The van der Waals surface area contributed by atoms with Gasteiger partial charge < -0.3 is 19.7 Å². The van der Waals surface area contributed by atoms with E-state index in [-0.39, 0.29) is 37.1 Å². The molecule has 0 spiro atoms. The maximum absolute atomic E-state index is 13.2. The van der Waals surface area contributed by atoms with E-state index in [9.17, 15) is 18.8 Å². The summed E-state index contributed by atoms with van der Waals surface area (Å²) in [4.78, 5) is 39.0. The Kier molecular flexibility index (Phi) is 8.19. The van der Waals surface area contributed by atoms with Gasteiger partial charge in [0.2, 0.25) is 11.8 Å². The molecule has 4 rings (SSSR count). The summed E-state index contributed by atoms with van der Waals surface area (Å²) in [7, 11) is 1.47. The molecule has 0 aliphatic carbocycles. The van der Waals surface area contributed by atoms with E-state index in [2.05, 4.69) is 16.2 Å². The fraction of sp³-hybridized carbons (Fsp3) is 0.222. The van der Waals surface area contributed by atoms with Crippen molar-refractivity contribution in [2.24, 2.45) is 5.92 Å². The van der Waals surface area contributed by atoms with Gasteiger partial charge in [0.15, 0.2) is 18.1 Å². The van der Waals surface area contributed by atoms with Crippen molar-refractivity contribution in [3.8, 4) is 11.5 Å². The predicted octanol–water partition coefficient (Wildman–Crippen LogP) is 3.03. The fourth-order valence-electron chi connectivity index (χ4n) is 3.89. The van der Waals surface area contributed by atoms with Gasteiger partial charge in [0.1, 0.15) is 5.82 Å². The molecule has 0 bridgehead atoms. The molecule has 1 aliphatic heterocycles. The highest BCUT2D eigenvalue weighted by Gasteiger charge is 2.35. The SMILES string of the molecule is COc1cccc(NNC(=O)[C@H]2CC(=O)N(c3ccc(F)cc3)C2)c1OCC(=O)NCc1ccccc1. The molecule has 1 aliphatic rings. The van der Waals surface area contributed by atoms with Gasteiger partial charge >= 0.3 is 0 Å². The number of amides is 3. The van der Waals surface area contributed by atoms with Crippen LogP contribution in [0.4, 0.5) is 15.8 Å². The summed E-state index contributed by atoms with van der Waals surface area (Å²) in [5.74, 6) is -1.34. The second-order valence-corrected chi connectivity index (χ2v) is 8.38. The third kappa shape index (κ3) is 6.54. The van der Waals surface area contributed by atoms with Gasteiger partial charge in [0, 0.05) is 25.2 Å². The zero-order valence-corrected chi connectivity index (χ0v) is 20.2. The summed E-state index contributed by atoms with van der Waals surface area (Å²) in [5, 5.41) is 2.79. The van der Waals surface area contributed by atoms with Gasteiger partial charge in [-0.3, -0.25) is 25.2 Å². The maximum atomic E-state index is 13.2. The van der Waals surface area contributed by atoms with Gasteiger partial charge in [-0.2, -0.15) is 0 Å². The van der Waals surface area contributed by atoms with Crippen LogP contribution in [0.25, 0.3) is 0 Å². The van der Waals surface area contributed by atoms with Gasteiger partial charge in [-0.15, -0.1) is 0 Å². The fourth-order valence-corrected chi connectivity index (χ4v) is 3.89. The smallest absolute Gasteiger partial charge is 0.258 e. The molecule has 0 aromatic heterocycles. The van der Waals surface area contributed by atoms with Crippen LogP contribution in [-0.2, 0) is 20.9 Å². The first-order chi connectivity index (χ1) is 17.9. The van der Waals surface area contributed by atoms with Crippen LogP contribution in [0, 0.1) is 11.7 Å². The van der Waals surface area contributed by atoms with Gasteiger partial charge in [-0.05, 0) is 42.0 Å². The lowest BCUT2D eigenvalue weighted by atomic mass is 10.1. The molecular formula is C27H27FN4O5. The van der Waals surface area contributed by atoms with E-state index in [0.717, 1.165) is 5.56 Å². The molecule has 3 aromatic rings. The minimum absolute atomic E-state index is 0.0218. The molecule has 0 unspecified atom stereocenters. The highest BCUT2D eigenvalue weighted by molar-refractivity contribution is 6.00. The van der Waals surface area contributed by atoms with Crippen molar-refractivity contribution < 1.29 is 28.2 Å². The highest BCUT2D eigenvalue weighted by atomic mass is 19.1. The van der Waals surface area contributed by atoms with Crippen LogP contribution in [0.1, 0.15) is 12.0 Å². The van der Waals surface area contributed by atoms with Gasteiger partial charge in [0.05, 0.1) is 18.7 Å². The molecular weight excluding hydrogens is 479 g/mol. The van der Waals surface area contributed by atoms with Crippen molar-refractivity contribution in [3.05, 3.63) is 84.2 Å². The molecule has 3 N–H and O–H groups in total. The Labute approximate surface area is 213 Å². The number of anilines is 2. The Balaban J connectivity index is 1.34. The molecule has 10 heteroatoms. The van der Waals surface area contributed by atoms with Crippen molar-refractivity contribution in [1.29, 1.82) is 0 Å². The monoisotopic (exact) mass is 506 g/mol. The minimum atomic E-state index is -0.608. The van der Waals surface area contributed by atoms with Gasteiger partial charge in [-0.1, -0.05) is 36.4 Å². The van der Waals surface area contributed by atoms with Crippen LogP contribution in [0.2, 0.25) is 0 Å². The van der Waals surface area contributed by atoms with Gasteiger partial charge in [-0.25, -0.2) is 4.39 Å². The first kappa shape index (κ1) is 25.5. The van der Waals surface area contributed by atoms with Crippen molar-refractivity contribution in [2.45, 2.75) is 13.0 Å². The number of carbonyl (C=O) groups is 3. The van der Waals surface area contributed by atoms with Crippen molar-refractivity contribution in [1.82, 2.24) is 10.7 Å². The van der Waals surface area contributed by atoms with Crippen LogP contribution in [0.15, 0.2) is 72.8 Å². The van der Waals surface area contributed by atoms with Crippen LogP contribution in [0.3, 0.4) is 0 Å². The predicted molar refractivity (Wildman–Crippen MR) is 135 cm³/mol. The van der Waals surface area contributed by atoms with E-state index in [1.807, 2.05) is 30.3 Å². The molecule has 37 heavy (non-hydrogen) atoms. The zero-order valence-electron chi connectivity index (χ0n) is 20.2. The maximum Gasteiger partial charge on any atom is 0.258 e. The van der Waals surface area contributed by atoms with E-state index >= 15 is 0 Å². The van der Waals surface area contributed by atoms with Crippen molar-refractivity contribution in [2.75, 3.05) is 30.6 Å². The van der Waals surface area contributed by atoms with Crippen LogP contribution < -0.4 is 30.5 Å². The van der Waals surface area contributed by atoms with E-state index in [1.165, 1.54) is 36.3 Å². The molecule has 1 saturated heterocycles. The van der Waals surface area contributed by atoms with E-state index < -0.39 is 17.6 Å². The Morgan fingerprint density at radius 2 is 1.78 bits per heavy atom. The number of rotatable bonds is 10. The summed E-state index contributed by atoms with van der Waals surface area (Å²) in [6, 6.07) is 20.1. The first-order valence-electron chi connectivity index (χ1n) is 11.7. The molecule has 0 radical (unpaired) electrons. The topological polar surface area (TPSA) is 109 Å². The number of carbonyl (C=O) groups excluding carboxylic acids is 3. The number of hydrogen-bond acceptors (Lipinski definition) is 6. The molecule has 1 heterocycles. The third-order valence-corrected chi connectivity index (χ3v) is 5.83. The van der Waals surface area contributed by atoms with E-state index in [1.54, 1.807) is 18.2 Å². The molecule has 1 fully saturated rings. The number of ether oxygens (including phenoxy) is 2. The zero-order chi connectivity index (χ0) is 26.2. The first-order valence-corrected chi connectivity index (χ1v) is 11.7. The second kappa shape index (κ2) is 11.9. The Morgan fingerprint density at radius 1 is 1.03 bits per heavy atom. The third-order valence-electron chi connectivity index (χ3n) is 5.83. The molecule has 3 aromatic carbocycles. The summed E-state index contributed by atoms with van der Waals surface area (Å²) in [6.07, 6.45) is 0.0218. The second-order valence-electron chi connectivity index (χ2n) is 8.38. The Hall–Kier alpha value is -4.60. The molecule has 3 amide bonds. The molecule has 0 saturated carbocycles. The summed E-state index contributed by atoms with van der Waals surface area (Å²) in [5.41, 5.74) is 7.28. The highest BCUT2D eigenvalue weighted by Crippen LogP contribution is 2.35. The minimum Gasteiger partial charge on any atom is -0.493 e. The number of para-hydroxylation sites is 1. The molecule has 1 atom stereocenters. The lowest BCUT2D eigenvalue weighted by Gasteiger charge is -2.18. The average Bonchev–Trinajstić information content (AvgIpc) is 3.32. The molecule has 9 nitrogen and oxygen atoms in total. The van der Waals surface area contributed by atoms with Crippen LogP contribution in [-0.4, -0.2) is 38.0 Å². The van der Waals surface area contributed by atoms with Crippen molar-refractivity contribution >= 4 is 29.1 Å². The lowest BCUT2D eigenvalue weighted by Crippen LogP contribution is -2.36. The number of methoxy groups -OCH3 is 1. The number of benzene rings is 3. The number of nitrogens with zero attached hydrogens (tertiary/aromatic N) is 1. The van der Waals surface area contributed by atoms with E-state index in [0.29, 0.717) is 23.7 Å². The number of hydrazine groups is 1. The van der Waals surface area contributed by atoms with E-state index in [4.69, 9.17) is 9.47 Å². The van der Waals surface area contributed by atoms with Crippen LogP contribution >= 0.6 is 0 Å². The summed E-state index contributed by atoms with van der Waals surface area (Å²) in [6.45, 7) is 0.270. The summed E-state index contributed by atoms with van der Waals surface area (Å²) < 4.78 is 24.3. The quantitative estimate of drug-likeness (QED) is 0.365. The number of hydrogen-bond donors (Lipinski definition) is 3.